The number of sulfonamides is 1. The molecule has 0 spiro atoms. The molecule has 0 aromatic heterocycles. The van der Waals surface area contributed by atoms with E-state index in [1.807, 2.05) is 6.07 Å². The normalized spacial score (nSPS) is 15.2. The monoisotopic (exact) mass is 472 g/mol. The van der Waals surface area contributed by atoms with Crippen molar-refractivity contribution in [2.45, 2.75) is 31.6 Å². The van der Waals surface area contributed by atoms with Crippen LogP contribution in [0.4, 0.5) is 5.69 Å². The van der Waals surface area contributed by atoms with Gasteiger partial charge >= 0.3 is 0 Å². The van der Waals surface area contributed by atoms with Crippen molar-refractivity contribution in [3.05, 3.63) is 59.7 Å². The molecule has 33 heavy (non-hydrogen) atoms. The average molecular weight is 473 g/mol. The lowest BCUT2D eigenvalue weighted by Gasteiger charge is -2.26. The molecule has 2 amide bonds. The first kappa shape index (κ1) is 24.6. The predicted molar refractivity (Wildman–Crippen MR) is 125 cm³/mol. The van der Waals surface area contributed by atoms with Crippen LogP contribution in [0.25, 0.3) is 0 Å². The summed E-state index contributed by atoms with van der Waals surface area (Å²) in [6.45, 7) is 4.69. The van der Waals surface area contributed by atoms with E-state index in [0.29, 0.717) is 44.1 Å². The van der Waals surface area contributed by atoms with Crippen LogP contribution in [0.1, 0.15) is 31.4 Å². The van der Waals surface area contributed by atoms with E-state index in [9.17, 15) is 18.0 Å². The van der Waals surface area contributed by atoms with Gasteiger partial charge in [0.2, 0.25) is 21.8 Å². The highest BCUT2D eigenvalue weighted by molar-refractivity contribution is 7.89. The van der Waals surface area contributed by atoms with Gasteiger partial charge in [-0.05, 0) is 48.7 Å². The highest BCUT2D eigenvalue weighted by Crippen LogP contribution is 2.18. The first-order valence-corrected chi connectivity index (χ1v) is 12.1. The Morgan fingerprint density at radius 3 is 2.42 bits per heavy atom. The molecule has 2 N–H and O–H groups in total. The molecule has 2 aromatic rings. The number of hydrogen-bond donors (Lipinski definition) is 2. The van der Waals surface area contributed by atoms with Crippen LogP contribution in [0.3, 0.4) is 0 Å². The number of anilines is 1. The first-order chi connectivity index (χ1) is 15.8. The molecule has 1 saturated heterocycles. The Labute approximate surface area is 193 Å². The number of carbonyl (C=O) groups excluding carboxylic acids is 2. The van der Waals surface area contributed by atoms with Gasteiger partial charge in [0.05, 0.1) is 23.8 Å². The average Bonchev–Trinajstić information content (AvgIpc) is 2.81. The second-order valence-corrected chi connectivity index (χ2v) is 9.59. The minimum Gasteiger partial charge on any atom is -0.379 e. The predicted octanol–water partition coefficient (Wildman–Crippen LogP) is 2.14. The van der Waals surface area contributed by atoms with Crippen molar-refractivity contribution in [1.29, 1.82) is 0 Å². The Balaban J connectivity index is 1.53. The zero-order valence-corrected chi connectivity index (χ0v) is 19.5. The standard InChI is InChI=1S/C23H28N4O5S/c1-17(20-4-3-5-21(16-20)24-18(2)28)25-26-23(29)11-8-19-6-9-22(10-7-19)33(30,31)27-12-14-32-15-13-27/h3-7,9-10,16H,8,11-15H2,1-2H3,(H,24,28)(H,26,29)/b25-17+. The molecule has 9 nitrogen and oxygen atoms in total. The van der Waals surface area contributed by atoms with Crippen LogP contribution in [0.2, 0.25) is 0 Å². The topological polar surface area (TPSA) is 117 Å². The minimum atomic E-state index is -3.53. The molecule has 1 heterocycles. The van der Waals surface area contributed by atoms with Gasteiger partial charge in [-0.1, -0.05) is 24.3 Å². The van der Waals surface area contributed by atoms with Gasteiger partial charge in [-0.3, -0.25) is 9.59 Å². The van der Waals surface area contributed by atoms with Gasteiger partial charge in [-0.25, -0.2) is 13.8 Å². The molecule has 0 atom stereocenters. The zero-order chi connectivity index (χ0) is 23.8. The number of carbonyl (C=O) groups is 2. The number of ether oxygens (including phenoxy) is 1. The number of hydrazone groups is 1. The fourth-order valence-corrected chi connectivity index (χ4v) is 4.72. The second kappa shape index (κ2) is 11.2. The maximum atomic E-state index is 12.7. The molecule has 1 aliphatic rings. The van der Waals surface area contributed by atoms with Gasteiger partial charge in [0, 0.05) is 32.1 Å². The first-order valence-electron chi connectivity index (χ1n) is 10.6. The van der Waals surface area contributed by atoms with Gasteiger partial charge in [0.15, 0.2) is 0 Å². The van der Waals surface area contributed by atoms with Crippen LogP contribution < -0.4 is 10.7 Å². The molecule has 0 radical (unpaired) electrons. The molecule has 10 heteroatoms. The number of rotatable bonds is 8. The van der Waals surface area contributed by atoms with Crippen molar-refractivity contribution in [2.75, 3.05) is 31.6 Å². The van der Waals surface area contributed by atoms with Gasteiger partial charge in [0.1, 0.15) is 0 Å². The summed E-state index contributed by atoms with van der Waals surface area (Å²) in [6.07, 6.45) is 0.661. The van der Waals surface area contributed by atoms with Crippen LogP contribution >= 0.6 is 0 Å². The quantitative estimate of drug-likeness (QED) is 0.451. The Morgan fingerprint density at radius 2 is 1.76 bits per heavy atom. The van der Waals surface area contributed by atoms with Crippen LogP contribution in [-0.4, -0.2) is 56.6 Å². The van der Waals surface area contributed by atoms with E-state index in [1.165, 1.54) is 11.2 Å². The van der Waals surface area contributed by atoms with E-state index in [0.717, 1.165) is 11.1 Å². The maximum Gasteiger partial charge on any atom is 0.243 e. The van der Waals surface area contributed by atoms with Crippen LogP contribution in [0.5, 0.6) is 0 Å². The van der Waals surface area contributed by atoms with Gasteiger partial charge in [-0.2, -0.15) is 9.41 Å². The molecule has 2 aromatic carbocycles. The summed E-state index contributed by atoms with van der Waals surface area (Å²) < 4.78 is 32.0. The van der Waals surface area contributed by atoms with Crippen LogP contribution in [-0.2, 0) is 30.8 Å². The molecule has 3 rings (SSSR count). The van der Waals surface area contributed by atoms with Crippen molar-refractivity contribution in [3.8, 4) is 0 Å². The number of morpholine rings is 1. The van der Waals surface area contributed by atoms with Gasteiger partial charge in [0.25, 0.3) is 0 Å². The Kier molecular flexibility index (Phi) is 8.32. The molecule has 0 unspecified atom stereocenters. The van der Waals surface area contributed by atoms with Gasteiger partial charge < -0.3 is 10.1 Å². The molecule has 176 valence electrons. The van der Waals surface area contributed by atoms with Crippen molar-refractivity contribution in [3.63, 3.8) is 0 Å². The summed E-state index contributed by atoms with van der Waals surface area (Å²) in [5, 5.41) is 6.84. The third-order valence-corrected chi connectivity index (χ3v) is 7.03. The van der Waals surface area contributed by atoms with E-state index in [4.69, 9.17) is 4.74 Å². The van der Waals surface area contributed by atoms with E-state index in [1.54, 1.807) is 49.4 Å². The summed E-state index contributed by atoms with van der Waals surface area (Å²) in [4.78, 5) is 23.6. The molecular weight excluding hydrogens is 444 g/mol. The van der Waals surface area contributed by atoms with Crippen molar-refractivity contribution >= 4 is 33.2 Å². The Hall–Kier alpha value is -3.08. The number of nitrogens with one attached hydrogen (secondary N) is 2. The van der Waals surface area contributed by atoms with E-state index in [-0.39, 0.29) is 23.1 Å². The van der Waals surface area contributed by atoms with Crippen molar-refractivity contribution in [2.24, 2.45) is 5.10 Å². The van der Waals surface area contributed by atoms with Crippen LogP contribution in [0, 0.1) is 0 Å². The molecule has 0 aliphatic carbocycles. The molecule has 0 saturated carbocycles. The van der Waals surface area contributed by atoms with E-state index < -0.39 is 10.0 Å². The van der Waals surface area contributed by atoms with Crippen LogP contribution in [0.15, 0.2) is 58.5 Å². The SMILES string of the molecule is CC(=O)Nc1cccc(/C(C)=N/NC(=O)CCc2ccc(S(=O)(=O)N3CCOCC3)cc2)c1. The minimum absolute atomic E-state index is 0.165. The lowest BCUT2D eigenvalue weighted by Crippen LogP contribution is -2.40. The number of hydrogen-bond acceptors (Lipinski definition) is 6. The fourth-order valence-electron chi connectivity index (χ4n) is 3.31. The summed E-state index contributed by atoms with van der Waals surface area (Å²) in [5.41, 5.74) is 5.43. The molecular formula is C23H28N4O5S. The number of amides is 2. The summed E-state index contributed by atoms with van der Waals surface area (Å²) in [5.74, 6) is -0.417. The molecule has 1 fully saturated rings. The lowest BCUT2D eigenvalue weighted by atomic mass is 10.1. The highest BCUT2D eigenvalue weighted by atomic mass is 32.2. The van der Waals surface area contributed by atoms with E-state index in [2.05, 4.69) is 15.8 Å². The third kappa shape index (κ3) is 6.95. The number of benzene rings is 2. The Bertz CT molecular complexity index is 1120. The van der Waals surface area contributed by atoms with Crippen molar-refractivity contribution in [1.82, 2.24) is 9.73 Å². The lowest BCUT2D eigenvalue weighted by molar-refractivity contribution is -0.121. The van der Waals surface area contributed by atoms with Crippen molar-refractivity contribution < 1.29 is 22.7 Å². The summed E-state index contributed by atoms with van der Waals surface area (Å²) in [7, 11) is -3.53. The number of aryl methyl sites for hydroxylation is 1. The molecule has 1 aliphatic heterocycles. The summed E-state index contributed by atoms with van der Waals surface area (Å²) >= 11 is 0. The van der Waals surface area contributed by atoms with Gasteiger partial charge in [-0.15, -0.1) is 0 Å². The van der Waals surface area contributed by atoms with E-state index >= 15 is 0 Å². The highest BCUT2D eigenvalue weighted by Gasteiger charge is 2.26. The Morgan fingerprint density at radius 1 is 1.06 bits per heavy atom. The number of nitrogens with zero attached hydrogens (tertiary/aromatic N) is 2. The third-order valence-electron chi connectivity index (χ3n) is 5.12. The summed E-state index contributed by atoms with van der Waals surface area (Å²) in [6, 6.07) is 13.8. The second-order valence-electron chi connectivity index (χ2n) is 7.65. The zero-order valence-electron chi connectivity index (χ0n) is 18.7. The smallest absolute Gasteiger partial charge is 0.243 e. The largest absolute Gasteiger partial charge is 0.379 e. The maximum absolute atomic E-state index is 12.7. The fraction of sp³-hybridized carbons (Fsp3) is 0.348. The molecule has 0 bridgehead atoms.